The van der Waals surface area contributed by atoms with Gasteiger partial charge in [-0.1, -0.05) is 57.0 Å². The summed E-state index contributed by atoms with van der Waals surface area (Å²) in [6.07, 6.45) is 1.20. The van der Waals surface area contributed by atoms with Crippen LogP contribution in [0, 0.1) is 5.41 Å². The van der Waals surface area contributed by atoms with Crippen LogP contribution in [-0.4, -0.2) is 32.4 Å². The van der Waals surface area contributed by atoms with Gasteiger partial charge in [0.2, 0.25) is 5.91 Å². The van der Waals surface area contributed by atoms with Gasteiger partial charge >= 0.3 is 10.1 Å². The van der Waals surface area contributed by atoms with Crippen molar-refractivity contribution in [3.8, 4) is 11.5 Å². The number of carbonyl (C=O) groups excluding carboxylic acids is 1. The fourth-order valence-electron chi connectivity index (χ4n) is 3.15. The van der Waals surface area contributed by atoms with Crippen LogP contribution in [0.1, 0.15) is 53.0 Å². The number of methoxy groups -OCH3 is 1. The van der Waals surface area contributed by atoms with E-state index in [1.165, 1.54) is 25.3 Å². The summed E-state index contributed by atoms with van der Waals surface area (Å²) in [5.41, 5.74) is 0.572. The van der Waals surface area contributed by atoms with E-state index >= 15 is 0 Å². The molecule has 0 aromatic heterocycles. The average Bonchev–Trinajstić information content (AvgIpc) is 2.72. The maximum absolute atomic E-state index is 13.0. The summed E-state index contributed by atoms with van der Waals surface area (Å²) < 4.78 is 36.4. The van der Waals surface area contributed by atoms with Gasteiger partial charge in [-0.3, -0.25) is 4.79 Å². The van der Waals surface area contributed by atoms with Crippen LogP contribution in [0.2, 0.25) is 10.0 Å². The van der Waals surface area contributed by atoms with E-state index in [1.54, 1.807) is 18.2 Å². The van der Waals surface area contributed by atoms with E-state index in [0.717, 1.165) is 12.0 Å². The fraction of sp³-hybridized carbons (Fsp3) is 0.458. The van der Waals surface area contributed by atoms with E-state index in [1.807, 2.05) is 39.5 Å². The van der Waals surface area contributed by atoms with Gasteiger partial charge in [0.25, 0.3) is 0 Å². The van der Waals surface area contributed by atoms with Gasteiger partial charge in [-0.15, -0.1) is 0 Å². The van der Waals surface area contributed by atoms with E-state index in [9.17, 15) is 13.2 Å². The van der Waals surface area contributed by atoms with Crippen LogP contribution in [-0.2, 0) is 21.5 Å². The van der Waals surface area contributed by atoms with Crippen molar-refractivity contribution >= 4 is 39.2 Å². The standard InChI is InChI=1S/C24H31Cl2NO5S/c1-7-16(2)27(23(28)14-24(3,4)5)15-17-8-11-21(31-6)22(12-17)32-33(29,30)18-9-10-19(25)20(26)13-18/h8-13,16H,7,14-15H2,1-6H3/t16-/m0/s1. The monoisotopic (exact) mass is 515 g/mol. The topological polar surface area (TPSA) is 72.9 Å². The maximum atomic E-state index is 13.0. The maximum Gasteiger partial charge on any atom is 0.339 e. The molecule has 0 radical (unpaired) electrons. The normalized spacial score (nSPS) is 12.8. The quantitative estimate of drug-likeness (QED) is 0.364. The highest BCUT2D eigenvalue weighted by molar-refractivity contribution is 7.87. The van der Waals surface area contributed by atoms with Gasteiger partial charge in [0.15, 0.2) is 11.5 Å². The van der Waals surface area contributed by atoms with E-state index in [2.05, 4.69) is 0 Å². The average molecular weight is 516 g/mol. The van der Waals surface area contributed by atoms with Gasteiger partial charge in [0.05, 0.1) is 17.2 Å². The molecular formula is C24H31Cl2NO5S. The van der Waals surface area contributed by atoms with E-state index in [-0.39, 0.29) is 43.8 Å². The second-order valence-electron chi connectivity index (χ2n) is 9.11. The van der Waals surface area contributed by atoms with Crippen LogP contribution in [0.15, 0.2) is 41.3 Å². The first-order valence-corrected chi connectivity index (χ1v) is 12.8. The Morgan fingerprint density at radius 2 is 1.73 bits per heavy atom. The van der Waals surface area contributed by atoms with Gasteiger partial charge in [-0.2, -0.15) is 8.42 Å². The zero-order valence-electron chi connectivity index (χ0n) is 19.8. The Balaban J connectivity index is 2.37. The molecule has 0 aliphatic rings. The minimum absolute atomic E-state index is 0.0197. The van der Waals surface area contributed by atoms with Crippen molar-refractivity contribution in [2.45, 2.75) is 64.9 Å². The third-order valence-corrected chi connectivity index (χ3v) is 7.05. The van der Waals surface area contributed by atoms with Crippen molar-refractivity contribution in [1.29, 1.82) is 0 Å². The molecule has 0 heterocycles. The van der Waals surface area contributed by atoms with Crippen molar-refractivity contribution < 1.29 is 22.1 Å². The lowest BCUT2D eigenvalue weighted by Gasteiger charge is -2.31. The van der Waals surface area contributed by atoms with Gasteiger partial charge in [0.1, 0.15) is 4.90 Å². The molecule has 182 valence electrons. The molecule has 1 amide bonds. The summed E-state index contributed by atoms with van der Waals surface area (Å²) in [4.78, 5) is 14.7. The Labute approximate surface area is 206 Å². The Kier molecular flexibility index (Phi) is 9.08. The number of ether oxygens (including phenoxy) is 1. The molecule has 33 heavy (non-hydrogen) atoms. The summed E-state index contributed by atoms with van der Waals surface area (Å²) in [6, 6.07) is 8.94. The molecule has 1 atom stereocenters. The van der Waals surface area contributed by atoms with Gasteiger partial charge < -0.3 is 13.8 Å². The summed E-state index contributed by atoms with van der Waals surface area (Å²) >= 11 is 11.9. The molecule has 0 saturated carbocycles. The highest BCUT2D eigenvalue weighted by atomic mass is 35.5. The first-order chi connectivity index (χ1) is 15.3. The van der Waals surface area contributed by atoms with Gasteiger partial charge in [0, 0.05) is 19.0 Å². The molecule has 6 nitrogen and oxygen atoms in total. The Bertz CT molecular complexity index is 1100. The predicted octanol–water partition coefficient (Wildman–Crippen LogP) is 6.33. The molecule has 0 fully saturated rings. The Morgan fingerprint density at radius 1 is 1.06 bits per heavy atom. The van der Waals surface area contributed by atoms with Crippen LogP contribution in [0.25, 0.3) is 0 Å². The number of halogens is 2. The van der Waals surface area contributed by atoms with Crippen LogP contribution in [0.5, 0.6) is 11.5 Å². The van der Waals surface area contributed by atoms with Crippen molar-refractivity contribution in [2.75, 3.05) is 7.11 Å². The van der Waals surface area contributed by atoms with E-state index in [4.69, 9.17) is 32.1 Å². The minimum atomic E-state index is -4.20. The van der Waals surface area contributed by atoms with Crippen molar-refractivity contribution in [3.63, 3.8) is 0 Å². The molecule has 0 N–H and O–H groups in total. The molecule has 2 aromatic carbocycles. The molecule has 0 bridgehead atoms. The molecule has 0 aliphatic heterocycles. The summed E-state index contributed by atoms with van der Waals surface area (Å²) in [6.45, 7) is 10.4. The molecule has 0 saturated heterocycles. The minimum Gasteiger partial charge on any atom is -0.493 e. The van der Waals surface area contributed by atoms with Crippen LogP contribution < -0.4 is 8.92 Å². The SMILES string of the molecule is CC[C@H](C)N(Cc1ccc(OC)c(OS(=O)(=O)c2ccc(Cl)c(Cl)c2)c1)C(=O)CC(C)(C)C. The summed E-state index contributed by atoms with van der Waals surface area (Å²) in [7, 11) is -2.77. The molecule has 0 unspecified atom stereocenters. The number of carbonyl (C=O) groups is 1. The third-order valence-electron chi connectivity index (χ3n) is 5.08. The number of hydrogen-bond donors (Lipinski definition) is 0. The van der Waals surface area contributed by atoms with Crippen LogP contribution >= 0.6 is 23.2 Å². The first kappa shape index (κ1) is 27.3. The predicted molar refractivity (Wildman–Crippen MR) is 132 cm³/mol. The fourth-order valence-corrected chi connectivity index (χ4v) is 4.47. The molecule has 9 heteroatoms. The highest BCUT2D eigenvalue weighted by Gasteiger charge is 2.25. The third kappa shape index (κ3) is 7.52. The molecular weight excluding hydrogens is 485 g/mol. The zero-order chi connectivity index (χ0) is 25.0. The lowest BCUT2D eigenvalue weighted by molar-refractivity contribution is -0.135. The van der Waals surface area contributed by atoms with Crippen molar-refractivity contribution in [2.24, 2.45) is 5.41 Å². The summed E-state index contributed by atoms with van der Waals surface area (Å²) in [5, 5.41) is 0.337. The highest BCUT2D eigenvalue weighted by Crippen LogP contribution is 2.33. The van der Waals surface area contributed by atoms with Crippen molar-refractivity contribution in [1.82, 2.24) is 4.90 Å². The van der Waals surface area contributed by atoms with Crippen molar-refractivity contribution in [3.05, 3.63) is 52.0 Å². The van der Waals surface area contributed by atoms with Crippen LogP contribution in [0.3, 0.4) is 0 Å². The van der Waals surface area contributed by atoms with Gasteiger partial charge in [-0.25, -0.2) is 0 Å². The number of rotatable bonds is 9. The van der Waals surface area contributed by atoms with Crippen LogP contribution in [0.4, 0.5) is 0 Å². The number of amides is 1. The largest absolute Gasteiger partial charge is 0.493 e. The first-order valence-electron chi connectivity index (χ1n) is 10.6. The smallest absolute Gasteiger partial charge is 0.339 e. The Morgan fingerprint density at radius 3 is 2.27 bits per heavy atom. The lowest BCUT2D eigenvalue weighted by Crippen LogP contribution is -2.39. The number of hydrogen-bond acceptors (Lipinski definition) is 5. The second-order valence-corrected chi connectivity index (χ2v) is 11.5. The Hall–Kier alpha value is -1.96. The molecule has 0 aliphatic carbocycles. The summed E-state index contributed by atoms with van der Waals surface area (Å²) in [5.74, 6) is 0.311. The second kappa shape index (κ2) is 11.0. The van der Waals surface area contributed by atoms with Gasteiger partial charge in [-0.05, 0) is 54.7 Å². The van der Waals surface area contributed by atoms with E-state index < -0.39 is 10.1 Å². The lowest BCUT2D eigenvalue weighted by atomic mass is 9.91. The zero-order valence-corrected chi connectivity index (χ0v) is 22.1. The number of nitrogens with zero attached hydrogens (tertiary/aromatic N) is 1. The van der Waals surface area contributed by atoms with E-state index in [0.29, 0.717) is 13.0 Å². The molecule has 2 aromatic rings. The molecule has 0 spiro atoms. The molecule has 2 rings (SSSR count). The number of benzene rings is 2.